The predicted molar refractivity (Wildman–Crippen MR) is 156 cm³/mol. The number of piperazine rings is 1. The molecule has 1 saturated heterocycles. The molecular weight excluding hydrogens is 508 g/mol. The van der Waals surface area contributed by atoms with Crippen LogP contribution in [-0.2, 0) is 9.57 Å². The van der Waals surface area contributed by atoms with Gasteiger partial charge in [0.05, 0.1) is 18.7 Å². The Hall–Kier alpha value is -3.56. The van der Waals surface area contributed by atoms with Crippen LogP contribution in [0.15, 0.2) is 53.2 Å². The van der Waals surface area contributed by atoms with Crippen LogP contribution < -0.4 is 14.8 Å². The van der Waals surface area contributed by atoms with Crippen molar-refractivity contribution in [2.45, 2.75) is 39.4 Å². The van der Waals surface area contributed by atoms with Gasteiger partial charge in [0.15, 0.2) is 6.10 Å². The number of methoxy groups -OCH3 is 1. The quantitative estimate of drug-likeness (QED) is 0.528. The van der Waals surface area contributed by atoms with Crippen molar-refractivity contribution in [3.8, 4) is 11.5 Å². The summed E-state index contributed by atoms with van der Waals surface area (Å²) in [7, 11) is 1.57. The summed E-state index contributed by atoms with van der Waals surface area (Å²) in [5.41, 5.74) is 4.19. The number of nitrogens with one attached hydrogen (secondary N) is 1. The first kappa shape index (κ1) is 28.0. The maximum Gasteiger partial charge on any atom is 0.412 e. The van der Waals surface area contributed by atoms with Gasteiger partial charge < -0.3 is 19.0 Å². The summed E-state index contributed by atoms with van der Waals surface area (Å²) in [4.78, 5) is 23.3. The number of rotatable bonds is 7. The molecule has 1 N–H and O–H groups in total. The van der Waals surface area contributed by atoms with Crippen molar-refractivity contribution >= 4 is 23.6 Å². The number of hydrogen-bond acceptors (Lipinski definition) is 8. The maximum atomic E-state index is 12.3. The fourth-order valence-corrected chi connectivity index (χ4v) is 5.39. The summed E-state index contributed by atoms with van der Waals surface area (Å²) >= 11 is 0. The lowest BCUT2D eigenvalue weighted by Gasteiger charge is -2.36. The van der Waals surface area contributed by atoms with Crippen molar-refractivity contribution < 1.29 is 23.8 Å². The van der Waals surface area contributed by atoms with Crippen LogP contribution >= 0.6 is 0 Å². The number of fused-ring (bicyclic) bond motifs is 3. The highest BCUT2D eigenvalue weighted by molar-refractivity contribution is 6.07. The molecular formula is C31H40N4O5. The molecule has 0 bridgehead atoms. The molecule has 1 amide bonds. The zero-order chi connectivity index (χ0) is 28.3. The molecule has 2 aromatic rings. The van der Waals surface area contributed by atoms with Crippen molar-refractivity contribution in [1.82, 2.24) is 9.80 Å². The summed E-state index contributed by atoms with van der Waals surface area (Å²) in [5, 5.41) is 7.25. The maximum absolute atomic E-state index is 12.3. The molecule has 2 atom stereocenters. The Kier molecular flexibility index (Phi) is 8.32. The molecule has 1 fully saturated rings. The van der Waals surface area contributed by atoms with E-state index < -0.39 is 11.7 Å². The number of carbonyl (C=O) groups excluding carboxylic acids is 1. The van der Waals surface area contributed by atoms with E-state index in [1.54, 1.807) is 13.2 Å². The number of amides is 1. The van der Waals surface area contributed by atoms with E-state index in [0.29, 0.717) is 23.8 Å². The highest BCUT2D eigenvalue weighted by Crippen LogP contribution is 2.40. The summed E-state index contributed by atoms with van der Waals surface area (Å²) in [5.74, 6) is 1.18. The van der Waals surface area contributed by atoms with E-state index >= 15 is 0 Å². The summed E-state index contributed by atoms with van der Waals surface area (Å²) in [6.07, 6.45) is 1.65. The van der Waals surface area contributed by atoms with E-state index in [9.17, 15) is 4.79 Å². The minimum Gasteiger partial charge on any atom is -0.495 e. The Balaban J connectivity index is 1.16. The second kappa shape index (κ2) is 11.9. The van der Waals surface area contributed by atoms with Crippen LogP contribution in [-0.4, -0.2) is 86.3 Å². The summed E-state index contributed by atoms with van der Waals surface area (Å²) in [6, 6.07) is 14.1. The molecule has 2 aromatic carbocycles. The largest absolute Gasteiger partial charge is 0.495 e. The van der Waals surface area contributed by atoms with Gasteiger partial charge in [0.2, 0.25) is 0 Å². The van der Waals surface area contributed by atoms with Gasteiger partial charge >= 0.3 is 6.09 Å². The third kappa shape index (κ3) is 6.77. The lowest BCUT2D eigenvalue weighted by Crippen LogP contribution is -2.50. The predicted octanol–water partition coefficient (Wildman–Crippen LogP) is 4.87. The van der Waals surface area contributed by atoms with E-state index in [0.717, 1.165) is 50.5 Å². The van der Waals surface area contributed by atoms with Crippen molar-refractivity contribution in [2.24, 2.45) is 11.1 Å². The number of oxime groups is 1. The molecule has 0 spiro atoms. The van der Waals surface area contributed by atoms with E-state index in [1.165, 1.54) is 11.1 Å². The van der Waals surface area contributed by atoms with Crippen LogP contribution in [0, 0.1) is 5.92 Å². The second-order valence-corrected chi connectivity index (χ2v) is 11.7. The van der Waals surface area contributed by atoms with Gasteiger partial charge in [-0.2, -0.15) is 0 Å². The molecule has 3 aliphatic heterocycles. The SMILES string of the molecule is COc1cc2c(cc1NC(=O)OC(C)(C)C)OCC1C2=NOC1CN1CCN(C/C(C)=C/c2ccccc2)CC1. The fraction of sp³-hybridized carbons (Fsp3) is 0.484. The van der Waals surface area contributed by atoms with Crippen LogP contribution in [0.25, 0.3) is 6.08 Å². The lowest BCUT2D eigenvalue weighted by atomic mass is 9.89. The van der Waals surface area contributed by atoms with Crippen LogP contribution in [0.3, 0.4) is 0 Å². The number of nitrogens with zero attached hydrogens (tertiary/aromatic N) is 3. The first-order valence-electron chi connectivity index (χ1n) is 13.9. The van der Waals surface area contributed by atoms with Crippen LogP contribution in [0.2, 0.25) is 0 Å². The van der Waals surface area contributed by atoms with Crippen molar-refractivity contribution in [3.05, 3.63) is 59.2 Å². The minimum absolute atomic E-state index is 0.0379. The van der Waals surface area contributed by atoms with Crippen molar-refractivity contribution in [3.63, 3.8) is 0 Å². The number of anilines is 1. The standard InChI is InChI=1S/C31H40N4O5/c1-21(15-22-9-7-6-8-10-22)18-34-11-13-35(14-12-34)19-28-24-20-38-26-17-25(32-30(36)39-31(2,3)4)27(37-5)16-23(26)29(24)33-40-28/h6-10,15-17,24,28H,11-14,18-20H2,1-5H3,(H,32,36)/b21-15+. The molecule has 0 aromatic heterocycles. The van der Waals surface area contributed by atoms with E-state index in [-0.39, 0.29) is 12.0 Å². The average Bonchev–Trinajstić information content (AvgIpc) is 3.31. The molecule has 0 saturated carbocycles. The zero-order valence-corrected chi connectivity index (χ0v) is 24.1. The van der Waals surface area contributed by atoms with Gasteiger partial charge in [-0.05, 0) is 39.3 Å². The van der Waals surface area contributed by atoms with Gasteiger partial charge in [-0.3, -0.25) is 15.1 Å². The highest BCUT2D eigenvalue weighted by Gasteiger charge is 2.41. The van der Waals surface area contributed by atoms with Gasteiger partial charge in [-0.25, -0.2) is 4.79 Å². The molecule has 3 aliphatic rings. The Morgan fingerprint density at radius 3 is 2.55 bits per heavy atom. The first-order chi connectivity index (χ1) is 19.2. The number of carbonyl (C=O) groups is 1. The highest BCUT2D eigenvalue weighted by atomic mass is 16.6. The topological polar surface area (TPSA) is 84.9 Å². The second-order valence-electron chi connectivity index (χ2n) is 11.7. The Bertz CT molecular complexity index is 1260. The molecule has 5 rings (SSSR count). The molecule has 214 valence electrons. The molecule has 9 heteroatoms. The van der Waals surface area contributed by atoms with Gasteiger partial charge in [0.25, 0.3) is 0 Å². The van der Waals surface area contributed by atoms with Crippen molar-refractivity contribution in [2.75, 3.05) is 58.3 Å². The van der Waals surface area contributed by atoms with Gasteiger partial charge in [0, 0.05) is 50.9 Å². The Morgan fingerprint density at radius 2 is 1.85 bits per heavy atom. The Morgan fingerprint density at radius 1 is 1.12 bits per heavy atom. The van der Waals surface area contributed by atoms with Crippen LogP contribution in [0.1, 0.15) is 38.8 Å². The monoisotopic (exact) mass is 548 g/mol. The zero-order valence-electron chi connectivity index (χ0n) is 24.1. The average molecular weight is 549 g/mol. The number of benzene rings is 2. The van der Waals surface area contributed by atoms with Gasteiger partial charge in [-0.15, -0.1) is 0 Å². The van der Waals surface area contributed by atoms with Crippen LogP contribution in [0.4, 0.5) is 10.5 Å². The Labute approximate surface area is 236 Å². The van der Waals surface area contributed by atoms with Crippen LogP contribution in [0.5, 0.6) is 11.5 Å². The third-order valence-electron chi connectivity index (χ3n) is 7.31. The third-order valence-corrected chi connectivity index (χ3v) is 7.31. The number of ether oxygens (including phenoxy) is 3. The van der Waals surface area contributed by atoms with Gasteiger partial charge in [0.1, 0.15) is 29.4 Å². The summed E-state index contributed by atoms with van der Waals surface area (Å²) < 4.78 is 17.1. The molecule has 3 heterocycles. The molecule has 0 radical (unpaired) electrons. The van der Waals surface area contributed by atoms with Crippen molar-refractivity contribution in [1.29, 1.82) is 0 Å². The first-order valence-corrected chi connectivity index (χ1v) is 13.9. The molecule has 9 nitrogen and oxygen atoms in total. The molecule has 40 heavy (non-hydrogen) atoms. The summed E-state index contributed by atoms with van der Waals surface area (Å²) in [6.45, 7) is 13.9. The molecule has 2 unspecified atom stereocenters. The number of hydrogen-bond donors (Lipinski definition) is 1. The normalized spacial score (nSPS) is 21.4. The molecule has 0 aliphatic carbocycles. The fourth-order valence-electron chi connectivity index (χ4n) is 5.39. The smallest absolute Gasteiger partial charge is 0.412 e. The van der Waals surface area contributed by atoms with E-state index in [2.05, 4.69) is 57.5 Å². The van der Waals surface area contributed by atoms with E-state index in [4.69, 9.17) is 19.0 Å². The lowest BCUT2D eigenvalue weighted by molar-refractivity contribution is 0.0101. The van der Waals surface area contributed by atoms with Gasteiger partial charge in [-0.1, -0.05) is 47.1 Å². The minimum atomic E-state index is -0.606. The van der Waals surface area contributed by atoms with E-state index in [1.807, 2.05) is 32.9 Å².